The van der Waals surface area contributed by atoms with Crippen LogP contribution in [0.25, 0.3) is 0 Å². The van der Waals surface area contributed by atoms with Gasteiger partial charge in [0.25, 0.3) is 0 Å². The van der Waals surface area contributed by atoms with Crippen LogP contribution in [0.2, 0.25) is 0 Å². The van der Waals surface area contributed by atoms with E-state index in [0.717, 1.165) is 11.5 Å². The van der Waals surface area contributed by atoms with Gasteiger partial charge in [0.05, 0.1) is 18.7 Å². The third-order valence-corrected chi connectivity index (χ3v) is 5.09. The minimum Gasteiger partial charge on any atom is -0.486 e. The highest BCUT2D eigenvalue weighted by Gasteiger charge is 2.24. The topological polar surface area (TPSA) is 77.1 Å². The summed E-state index contributed by atoms with van der Waals surface area (Å²) in [5.41, 5.74) is 0.379. The fourth-order valence-electron chi connectivity index (χ4n) is 2.89. The second-order valence-electron chi connectivity index (χ2n) is 6.26. The summed E-state index contributed by atoms with van der Waals surface area (Å²) in [4.78, 5) is 26.4. The summed E-state index contributed by atoms with van der Waals surface area (Å²) in [5.74, 6) is 0.838. The second kappa shape index (κ2) is 9.57. The second-order valence-corrected chi connectivity index (χ2v) is 7.17. The normalized spacial score (nSPS) is 15.3. The number of amides is 1. The van der Waals surface area contributed by atoms with Gasteiger partial charge in [0.1, 0.15) is 17.7 Å². The summed E-state index contributed by atoms with van der Waals surface area (Å²) < 4.78 is 16.7. The number of ether oxygens (including phenoxy) is 3. The maximum absolute atomic E-state index is 12.5. The summed E-state index contributed by atoms with van der Waals surface area (Å²) in [5, 5.41) is 5.07. The van der Waals surface area contributed by atoms with Gasteiger partial charge in [-0.25, -0.2) is 4.79 Å². The molecule has 0 saturated carbocycles. The third-order valence-electron chi connectivity index (χ3n) is 4.26. The Morgan fingerprint density at radius 3 is 2.79 bits per heavy atom. The molecule has 8 heteroatoms. The standard InChI is InChI=1S/C20H24N2O5S/c1-3-22(11-14-13-26-16-7-5-6-8-17(16)27-14)12-18(23)21-19-15(9-10-28-19)20(24)25-4-2/h5-10,14H,3-4,11-13H2,1-2H3,(H,21,23)/t14-/m0/s1. The van der Waals surface area contributed by atoms with E-state index in [1.54, 1.807) is 18.4 Å². The molecule has 7 nitrogen and oxygen atoms in total. The van der Waals surface area contributed by atoms with Gasteiger partial charge in [-0.15, -0.1) is 11.3 Å². The van der Waals surface area contributed by atoms with E-state index in [0.29, 0.717) is 30.3 Å². The third kappa shape index (κ3) is 5.02. The fourth-order valence-corrected chi connectivity index (χ4v) is 3.68. The van der Waals surface area contributed by atoms with Crippen LogP contribution in [-0.2, 0) is 9.53 Å². The number of fused-ring (bicyclic) bond motifs is 1. The number of nitrogens with zero attached hydrogens (tertiary/aromatic N) is 1. The van der Waals surface area contributed by atoms with E-state index in [2.05, 4.69) is 5.32 Å². The largest absolute Gasteiger partial charge is 0.486 e. The van der Waals surface area contributed by atoms with Crippen molar-refractivity contribution in [1.82, 2.24) is 4.90 Å². The lowest BCUT2D eigenvalue weighted by molar-refractivity contribution is -0.117. The molecule has 3 rings (SSSR count). The SMILES string of the molecule is CCOC(=O)c1ccsc1NC(=O)CN(CC)C[C@H]1COc2ccccc2O1. The molecule has 1 aromatic carbocycles. The molecule has 0 unspecified atom stereocenters. The first-order valence-electron chi connectivity index (χ1n) is 9.26. The number of para-hydroxylation sites is 2. The molecule has 1 aromatic heterocycles. The Morgan fingerprint density at radius 2 is 2.04 bits per heavy atom. The number of hydrogen-bond acceptors (Lipinski definition) is 7. The Labute approximate surface area is 168 Å². The highest BCUT2D eigenvalue weighted by Crippen LogP contribution is 2.31. The maximum Gasteiger partial charge on any atom is 0.341 e. The van der Waals surface area contributed by atoms with Gasteiger partial charge in [0.2, 0.25) is 5.91 Å². The van der Waals surface area contributed by atoms with Crippen molar-refractivity contribution in [2.75, 3.05) is 38.2 Å². The van der Waals surface area contributed by atoms with Crippen LogP contribution in [0.5, 0.6) is 11.5 Å². The van der Waals surface area contributed by atoms with Crippen LogP contribution < -0.4 is 14.8 Å². The fraction of sp³-hybridized carbons (Fsp3) is 0.400. The van der Waals surface area contributed by atoms with Gasteiger partial charge in [-0.1, -0.05) is 19.1 Å². The molecular formula is C20H24N2O5S. The van der Waals surface area contributed by atoms with Gasteiger partial charge in [-0.05, 0) is 37.0 Å². The van der Waals surface area contributed by atoms with Crippen LogP contribution >= 0.6 is 11.3 Å². The van der Waals surface area contributed by atoms with E-state index in [-0.39, 0.29) is 25.2 Å². The number of carbonyl (C=O) groups is 2. The first-order chi connectivity index (χ1) is 13.6. The number of nitrogens with one attached hydrogen (secondary N) is 1. The number of esters is 1. The summed E-state index contributed by atoms with van der Waals surface area (Å²) in [6, 6.07) is 9.20. The Morgan fingerprint density at radius 1 is 1.25 bits per heavy atom. The van der Waals surface area contributed by atoms with Gasteiger partial charge in [-0.3, -0.25) is 9.69 Å². The van der Waals surface area contributed by atoms with Gasteiger partial charge in [-0.2, -0.15) is 0 Å². The molecule has 0 saturated heterocycles. The molecule has 0 spiro atoms. The average Bonchev–Trinajstić information content (AvgIpc) is 3.15. The molecule has 1 aliphatic heterocycles. The predicted molar refractivity (Wildman–Crippen MR) is 107 cm³/mol. The maximum atomic E-state index is 12.5. The molecule has 2 heterocycles. The molecule has 1 atom stereocenters. The molecule has 1 amide bonds. The summed E-state index contributed by atoms with van der Waals surface area (Å²) in [6.07, 6.45) is -0.153. The monoisotopic (exact) mass is 404 g/mol. The van der Waals surface area contributed by atoms with Gasteiger partial charge < -0.3 is 19.5 Å². The molecule has 2 aromatic rings. The number of anilines is 1. The average molecular weight is 404 g/mol. The zero-order valence-corrected chi connectivity index (χ0v) is 16.8. The summed E-state index contributed by atoms with van der Waals surface area (Å²) in [6.45, 7) is 5.90. The van der Waals surface area contributed by atoms with E-state index < -0.39 is 5.97 Å². The number of carbonyl (C=O) groups excluding carboxylic acids is 2. The Hall–Kier alpha value is -2.58. The van der Waals surface area contributed by atoms with Gasteiger partial charge >= 0.3 is 5.97 Å². The molecule has 28 heavy (non-hydrogen) atoms. The predicted octanol–water partition coefficient (Wildman–Crippen LogP) is 3.03. The first-order valence-corrected chi connectivity index (χ1v) is 10.1. The van der Waals surface area contributed by atoms with E-state index >= 15 is 0 Å². The Balaban J connectivity index is 1.55. The van der Waals surface area contributed by atoms with Crippen LogP contribution in [0.1, 0.15) is 24.2 Å². The molecule has 150 valence electrons. The number of likely N-dealkylation sites (N-methyl/N-ethyl adjacent to an activating group) is 1. The molecule has 0 bridgehead atoms. The zero-order chi connectivity index (χ0) is 19.9. The highest BCUT2D eigenvalue weighted by molar-refractivity contribution is 7.14. The van der Waals surface area contributed by atoms with Crippen molar-refractivity contribution in [2.45, 2.75) is 20.0 Å². The van der Waals surface area contributed by atoms with Crippen molar-refractivity contribution in [1.29, 1.82) is 0 Å². The number of thiophene rings is 1. The van der Waals surface area contributed by atoms with Crippen LogP contribution in [0.15, 0.2) is 35.7 Å². The van der Waals surface area contributed by atoms with Crippen molar-refractivity contribution >= 4 is 28.2 Å². The van der Waals surface area contributed by atoms with Crippen LogP contribution in [0.3, 0.4) is 0 Å². The van der Waals surface area contributed by atoms with Crippen LogP contribution in [0, 0.1) is 0 Å². The van der Waals surface area contributed by atoms with Gasteiger partial charge in [0, 0.05) is 6.54 Å². The lowest BCUT2D eigenvalue weighted by Gasteiger charge is -2.30. The van der Waals surface area contributed by atoms with E-state index in [9.17, 15) is 9.59 Å². The van der Waals surface area contributed by atoms with Crippen molar-refractivity contribution in [2.24, 2.45) is 0 Å². The van der Waals surface area contributed by atoms with Crippen molar-refractivity contribution in [3.05, 3.63) is 41.3 Å². The quantitative estimate of drug-likeness (QED) is 0.682. The summed E-state index contributed by atoms with van der Waals surface area (Å²) >= 11 is 1.30. The van der Waals surface area contributed by atoms with Crippen molar-refractivity contribution < 1.29 is 23.8 Å². The lowest BCUT2D eigenvalue weighted by atomic mass is 10.2. The molecule has 0 aliphatic carbocycles. The van der Waals surface area contributed by atoms with Crippen LogP contribution in [-0.4, -0.2) is 55.7 Å². The zero-order valence-electron chi connectivity index (χ0n) is 16.0. The molecule has 0 radical (unpaired) electrons. The molecule has 0 fully saturated rings. The molecular weight excluding hydrogens is 380 g/mol. The van der Waals surface area contributed by atoms with E-state index in [1.807, 2.05) is 36.1 Å². The highest BCUT2D eigenvalue weighted by atomic mass is 32.1. The smallest absolute Gasteiger partial charge is 0.341 e. The lowest BCUT2D eigenvalue weighted by Crippen LogP contribution is -2.43. The number of hydrogen-bond donors (Lipinski definition) is 1. The van der Waals surface area contributed by atoms with Crippen molar-refractivity contribution in [3.8, 4) is 11.5 Å². The minimum absolute atomic E-state index is 0.153. The molecule has 1 N–H and O–H groups in total. The van der Waals surface area contributed by atoms with Gasteiger partial charge in [0.15, 0.2) is 11.5 Å². The molecule has 1 aliphatic rings. The minimum atomic E-state index is -0.433. The van der Waals surface area contributed by atoms with E-state index in [4.69, 9.17) is 14.2 Å². The number of benzene rings is 1. The summed E-state index contributed by atoms with van der Waals surface area (Å²) in [7, 11) is 0. The van der Waals surface area contributed by atoms with Crippen molar-refractivity contribution in [3.63, 3.8) is 0 Å². The van der Waals surface area contributed by atoms with Crippen LogP contribution in [0.4, 0.5) is 5.00 Å². The first kappa shape index (κ1) is 20.2. The van der Waals surface area contributed by atoms with E-state index in [1.165, 1.54) is 11.3 Å². The number of rotatable bonds is 8. The Kier molecular flexibility index (Phi) is 6.89. The Bertz CT molecular complexity index is 822.